The van der Waals surface area contributed by atoms with Gasteiger partial charge in [0.15, 0.2) is 0 Å². The molecule has 0 unspecified atom stereocenters. The van der Waals surface area contributed by atoms with Crippen LogP contribution in [0.15, 0.2) is 36.5 Å². The van der Waals surface area contributed by atoms with Crippen LogP contribution >= 0.6 is 0 Å². The van der Waals surface area contributed by atoms with E-state index in [4.69, 9.17) is 10.1 Å². The molecule has 1 aromatic carbocycles. The predicted molar refractivity (Wildman–Crippen MR) is 153 cm³/mol. The van der Waals surface area contributed by atoms with Crippen LogP contribution in [0.3, 0.4) is 0 Å². The summed E-state index contributed by atoms with van der Waals surface area (Å²) >= 11 is 0. The summed E-state index contributed by atoms with van der Waals surface area (Å²) in [6.07, 6.45) is 8.65. The Hall–Kier alpha value is -2.54. The first-order valence-corrected chi connectivity index (χ1v) is 14.6. The van der Waals surface area contributed by atoms with Gasteiger partial charge in [0.25, 0.3) is 0 Å². The summed E-state index contributed by atoms with van der Waals surface area (Å²) in [5.74, 6) is 0.743. The molecule has 2 atom stereocenters. The lowest BCUT2D eigenvalue weighted by Crippen LogP contribution is -2.47. The van der Waals surface area contributed by atoms with Crippen LogP contribution < -0.4 is 0 Å². The van der Waals surface area contributed by atoms with E-state index in [0.29, 0.717) is 5.92 Å². The van der Waals surface area contributed by atoms with E-state index in [9.17, 15) is 10.2 Å². The molecule has 5 rings (SSSR count). The largest absolute Gasteiger partial charge is 0.393 e. The molecule has 2 fully saturated rings. The molecule has 38 heavy (non-hydrogen) atoms. The minimum absolute atomic E-state index is 0.107. The molecule has 0 amide bonds. The molecule has 0 radical (unpaired) electrons. The Kier molecular flexibility index (Phi) is 8.03. The summed E-state index contributed by atoms with van der Waals surface area (Å²) in [7, 11) is 0. The van der Waals surface area contributed by atoms with Crippen molar-refractivity contribution >= 4 is 0 Å². The zero-order valence-corrected chi connectivity index (χ0v) is 23.6. The molecule has 1 saturated carbocycles. The summed E-state index contributed by atoms with van der Waals surface area (Å²) in [4.78, 5) is 7.22. The van der Waals surface area contributed by atoms with Crippen LogP contribution in [0.25, 0.3) is 22.5 Å². The van der Waals surface area contributed by atoms with Gasteiger partial charge in [-0.25, -0.2) is 0 Å². The van der Waals surface area contributed by atoms with E-state index >= 15 is 0 Å². The van der Waals surface area contributed by atoms with E-state index in [0.717, 1.165) is 68.8 Å². The van der Waals surface area contributed by atoms with Crippen LogP contribution in [-0.2, 0) is 19.5 Å². The van der Waals surface area contributed by atoms with Crippen molar-refractivity contribution < 1.29 is 10.2 Å². The topological polar surface area (TPSA) is 74.4 Å². The SMILES string of the molecule is CCCc1ncc(-c2cc(-c3ccc(CN4CCC[C@H]([C@](C)(O)CO)C4)c(C4CC4)c3)nn2CC)cc1C. The third-order valence-electron chi connectivity index (χ3n) is 8.61. The third kappa shape index (κ3) is 5.73. The number of hydrogen-bond donors (Lipinski definition) is 2. The van der Waals surface area contributed by atoms with Crippen molar-refractivity contribution in [1.29, 1.82) is 0 Å². The van der Waals surface area contributed by atoms with Crippen molar-refractivity contribution in [2.24, 2.45) is 5.92 Å². The zero-order chi connectivity index (χ0) is 26.9. The number of hydrogen-bond acceptors (Lipinski definition) is 5. The highest BCUT2D eigenvalue weighted by molar-refractivity contribution is 5.70. The van der Waals surface area contributed by atoms with Gasteiger partial charge in [-0.2, -0.15) is 5.10 Å². The first kappa shape index (κ1) is 27.0. The summed E-state index contributed by atoms with van der Waals surface area (Å²) in [5.41, 5.74) is 8.70. The van der Waals surface area contributed by atoms with Crippen LogP contribution in [0.2, 0.25) is 0 Å². The van der Waals surface area contributed by atoms with Gasteiger partial charge in [0.05, 0.1) is 23.6 Å². The van der Waals surface area contributed by atoms with Gasteiger partial charge in [-0.05, 0) is 100 Å². The highest BCUT2D eigenvalue weighted by Gasteiger charge is 2.35. The maximum absolute atomic E-state index is 10.6. The number of piperidine rings is 1. The van der Waals surface area contributed by atoms with Crippen molar-refractivity contribution in [1.82, 2.24) is 19.7 Å². The Morgan fingerprint density at radius 1 is 1.08 bits per heavy atom. The Morgan fingerprint density at radius 3 is 2.58 bits per heavy atom. The molecular weight excluding hydrogens is 472 g/mol. The van der Waals surface area contributed by atoms with Crippen molar-refractivity contribution in [3.63, 3.8) is 0 Å². The molecular formula is C32H44N4O2. The smallest absolute Gasteiger partial charge is 0.0929 e. The average molecular weight is 517 g/mol. The molecule has 1 aliphatic carbocycles. The fraction of sp³-hybridized carbons (Fsp3) is 0.562. The number of benzene rings is 1. The minimum Gasteiger partial charge on any atom is -0.393 e. The second kappa shape index (κ2) is 11.3. The molecule has 0 bridgehead atoms. The number of pyridine rings is 1. The summed E-state index contributed by atoms with van der Waals surface area (Å²) in [5, 5.41) is 25.3. The van der Waals surface area contributed by atoms with Gasteiger partial charge in [-0.15, -0.1) is 0 Å². The quantitative estimate of drug-likeness (QED) is 0.360. The van der Waals surface area contributed by atoms with E-state index < -0.39 is 5.60 Å². The number of likely N-dealkylation sites (tertiary alicyclic amines) is 1. The normalized spacial score (nSPS) is 20.0. The van der Waals surface area contributed by atoms with Gasteiger partial charge in [0, 0.05) is 48.6 Å². The maximum atomic E-state index is 10.6. The third-order valence-corrected chi connectivity index (χ3v) is 8.61. The Labute approximate surface area is 227 Å². The van der Waals surface area contributed by atoms with Crippen LogP contribution in [0.1, 0.15) is 81.2 Å². The zero-order valence-electron chi connectivity index (χ0n) is 23.6. The lowest BCUT2D eigenvalue weighted by molar-refractivity contribution is -0.0697. The molecule has 6 nitrogen and oxygen atoms in total. The van der Waals surface area contributed by atoms with E-state index in [1.165, 1.54) is 40.8 Å². The van der Waals surface area contributed by atoms with Gasteiger partial charge in [0.2, 0.25) is 0 Å². The second-order valence-corrected chi connectivity index (χ2v) is 11.7. The predicted octanol–water partition coefficient (Wildman–Crippen LogP) is 5.73. The lowest BCUT2D eigenvalue weighted by Gasteiger charge is -2.39. The van der Waals surface area contributed by atoms with Crippen molar-refractivity contribution in [2.45, 2.75) is 90.8 Å². The fourth-order valence-corrected chi connectivity index (χ4v) is 6.02. The number of nitrogens with zero attached hydrogens (tertiary/aromatic N) is 4. The standard InChI is InChI=1S/C32H44N4O2/c1-5-8-29-22(3)15-26(18-33-29)31-17-30(34-36(31)6-2)24-12-13-25(28(16-24)23-10-11-23)19-35-14-7-9-27(20-35)32(4,38)21-37/h12-13,15-18,23,27,37-38H,5-11,14,19-21H2,1-4H3/t27-,32+/m0/s1. The van der Waals surface area contributed by atoms with Crippen molar-refractivity contribution in [3.8, 4) is 22.5 Å². The first-order valence-electron chi connectivity index (χ1n) is 14.6. The van der Waals surface area contributed by atoms with Crippen LogP contribution in [-0.4, -0.2) is 55.2 Å². The van der Waals surface area contributed by atoms with Gasteiger partial charge in [-0.3, -0.25) is 14.6 Å². The second-order valence-electron chi connectivity index (χ2n) is 11.7. The highest BCUT2D eigenvalue weighted by Crippen LogP contribution is 2.43. The summed E-state index contributed by atoms with van der Waals surface area (Å²) in [6, 6.07) is 11.4. The number of aryl methyl sites for hydroxylation is 3. The number of aromatic nitrogens is 3. The minimum atomic E-state index is -1.01. The van der Waals surface area contributed by atoms with E-state index in [1.54, 1.807) is 6.92 Å². The molecule has 1 saturated heterocycles. The fourth-order valence-electron chi connectivity index (χ4n) is 6.02. The molecule has 2 aromatic heterocycles. The van der Waals surface area contributed by atoms with Gasteiger partial charge >= 0.3 is 0 Å². The maximum Gasteiger partial charge on any atom is 0.0929 e. The summed E-state index contributed by atoms with van der Waals surface area (Å²) < 4.78 is 2.09. The number of aliphatic hydroxyl groups is 2. The van der Waals surface area contributed by atoms with Gasteiger partial charge in [0.1, 0.15) is 0 Å². The molecule has 3 heterocycles. The molecule has 0 spiro atoms. The lowest BCUT2D eigenvalue weighted by atomic mass is 9.83. The summed E-state index contributed by atoms with van der Waals surface area (Å²) in [6.45, 7) is 11.7. The van der Waals surface area contributed by atoms with Crippen LogP contribution in [0.4, 0.5) is 0 Å². The molecule has 204 valence electrons. The highest BCUT2D eigenvalue weighted by atomic mass is 16.3. The molecule has 2 aliphatic rings. The van der Waals surface area contributed by atoms with Crippen molar-refractivity contribution in [2.75, 3.05) is 19.7 Å². The monoisotopic (exact) mass is 516 g/mol. The van der Waals surface area contributed by atoms with Crippen LogP contribution in [0.5, 0.6) is 0 Å². The molecule has 1 aliphatic heterocycles. The van der Waals surface area contributed by atoms with E-state index in [2.05, 4.69) is 60.7 Å². The van der Waals surface area contributed by atoms with E-state index in [-0.39, 0.29) is 12.5 Å². The molecule has 2 N–H and O–H groups in total. The van der Waals surface area contributed by atoms with Crippen LogP contribution in [0, 0.1) is 12.8 Å². The van der Waals surface area contributed by atoms with Crippen molar-refractivity contribution in [3.05, 3.63) is 58.9 Å². The first-order chi connectivity index (χ1) is 18.3. The molecule has 3 aromatic rings. The van der Waals surface area contributed by atoms with E-state index in [1.807, 2.05) is 6.20 Å². The Bertz CT molecular complexity index is 1260. The van der Waals surface area contributed by atoms with Gasteiger partial charge in [-0.1, -0.05) is 25.5 Å². The number of aliphatic hydroxyl groups excluding tert-OH is 1. The Balaban J connectivity index is 1.40. The molecule has 6 heteroatoms. The van der Waals surface area contributed by atoms with Gasteiger partial charge < -0.3 is 10.2 Å². The number of rotatable bonds is 10. The average Bonchev–Trinajstić information content (AvgIpc) is 3.68. The Morgan fingerprint density at radius 2 is 1.89 bits per heavy atom.